The summed E-state index contributed by atoms with van der Waals surface area (Å²) in [5.74, 6) is 0.896. The molecule has 6 heteroatoms. The Morgan fingerprint density at radius 2 is 2.08 bits per heavy atom. The number of nitrogens with one attached hydrogen (secondary N) is 2. The van der Waals surface area contributed by atoms with Gasteiger partial charge in [0, 0.05) is 11.8 Å². The van der Waals surface area contributed by atoms with Crippen LogP contribution in [0.1, 0.15) is 12.5 Å². The summed E-state index contributed by atoms with van der Waals surface area (Å²) in [6.45, 7) is 2.55. The number of fused-ring (bicyclic) bond motifs is 1. The predicted octanol–water partition coefficient (Wildman–Crippen LogP) is 3.07. The number of ether oxygens (including phenoxy) is 2. The monoisotopic (exact) mass is 338 g/mol. The normalized spacial score (nSPS) is 12.9. The Hall–Kier alpha value is -3.28. The topological polar surface area (TPSA) is 76.7 Å². The number of amides is 2. The minimum atomic E-state index is -0.267. The molecule has 0 radical (unpaired) electrons. The molecule has 1 aliphatic rings. The van der Waals surface area contributed by atoms with Crippen LogP contribution in [0.25, 0.3) is 6.08 Å². The fourth-order valence-electron chi connectivity index (χ4n) is 2.36. The first-order valence-electron chi connectivity index (χ1n) is 7.92. The molecule has 1 aliphatic heterocycles. The Morgan fingerprint density at radius 3 is 2.84 bits per heavy atom. The zero-order valence-corrected chi connectivity index (χ0v) is 13.7. The van der Waals surface area contributed by atoms with Gasteiger partial charge in [0.15, 0.2) is 6.61 Å². The Balaban J connectivity index is 1.62. The van der Waals surface area contributed by atoms with E-state index in [4.69, 9.17) is 9.47 Å². The van der Waals surface area contributed by atoms with Crippen LogP contribution >= 0.6 is 0 Å². The van der Waals surface area contributed by atoms with Crippen molar-refractivity contribution in [3.05, 3.63) is 54.1 Å². The summed E-state index contributed by atoms with van der Waals surface area (Å²) in [7, 11) is 0. The fraction of sp³-hybridized carbons (Fsp3) is 0.158. The summed E-state index contributed by atoms with van der Waals surface area (Å²) in [4.78, 5) is 23.4. The van der Waals surface area contributed by atoms with Crippen molar-refractivity contribution in [3.63, 3.8) is 0 Å². The number of hydrogen-bond donors (Lipinski definition) is 2. The van der Waals surface area contributed by atoms with Gasteiger partial charge in [0.05, 0.1) is 12.3 Å². The van der Waals surface area contributed by atoms with E-state index in [-0.39, 0.29) is 18.4 Å². The molecule has 0 saturated carbocycles. The van der Waals surface area contributed by atoms with Crippen LogP contribution in [0.5, 0.6) is 11.5 Å². The summed E-state index contributed by atoms with van der Waals surface area (Å²) in [6, 6.07) is 12.6. The number of benzene rings is 2. The number of anilines is 2. The SMILES string of the molecule is CCOc1ccc(/C=C/C(=O)Nc2ccc3c(c2)NC(=O)CO3)cc1. The second-order valence-electron chi connectivity index (χ2n) is 5.37. The summed E-state index contributed by atoms with van der Waals surface area (Å²) in [5.41, 5.74) is 2.01. The number of rotatable bonds is 5. The molecule has 0 bridgehead atoms. The van der Waals surface area contributed by atoms with E-state index in [1.165, 1.54) is 6.08 Å². The van der Waals surface area contributed by atoms with E-state index < -0.39 is 0 Å². The highest BCUT2D eigenvalue weighted by Crippen LogP contribution is 2.30. The van der Waals surface area contributed by atoms with Crippen molar-refractivity contribution in [2.24, 2.45) is 0 Å². The maximum absolute atomic E-state index is 12.0. The average Bonchev–Trinajstić information content (AvgIpc) is 2.61. The van der Waals surface area contributed by atoms with E-state index in [0.29, 0.717) is 23.7 Å². The van der Waals surface area contributed by atoms with E-state index in [2.05, 4.69) is 10.6 Å². The molecule has 0 aromatic heterocycles. The van der Waals surface area contributed by atoms with Gasteiger partial charge in [-0.15, -0.1) is 0 Å². The maximum Gasteiger partial charge on any atom is 0.262 e. The van der Waals surface area contributed by atoms with E-state index in [0.717, 1.165) is 11.3 Å². The molecule has 0 fully saturated rings. The van der Waals surface area contributed by atoms with Gasteiger partial charge in [-0.1, -0.05) is 12.1 Å². The van der Waals surface area contributed by atoms with Crippen molar-refractivity contribution >= 4 is 29.3 Å². The van der Waals surface area contributed by atoms with E-state index in [1.54, 1.807) is 24.3 Å². The first kappa shape index (κ1) is 16.6. The molecule has 2 aromatic carbocycles. The smallest absolute Gasteiger partial charge is 0.262 e. The Bertz CT molecular complexity index is 813. The van der Waals surface area contributed by atoms with Crippen LogP contribution in [0.4, 0.5) is 11.4 Å². The Morgan fingerprint density at radius 1 is 1.28 bits per heavy atom. The predicted molar refractivity (Wildman–Crippen MR) is 95.8 cm³/mol. The molecule has 0 atom stereocenters. The lowest BCUT2D eigenvalue weighted by Crippen LogP contribution is -2.25. The first-order chi connectivity index (χ1) is 12.1. The zero-order valence-electron chi connectivity index (χ0n) is 13.7. The fourth-order valence-corrected chi connectivity index (χ4v) is 2.36. The largest absolute Gasteiger partial charge is 0.494 e. The van der Waals surface area contributed by atoms with Crippen LogP contribution in [-0.4, -0.2) is 25.0 Å². The molecular weight excluding hydrogens is 320 g/mol. The van der Waals surface area contributed by atoms with Gasteiger partial charge in [-0.05, 0) is 48.9 Å². The van der Waals surface area contributed by atoms with Gasteiger partial charge in [0.2, 0.25) is 5.91 Å². The Labute approximate surface area is 145 Å². The molecule has 2 aromatic rings. The van der Waals surface area contributed by atoms with Crippen molar-refractivity contribution in [2.75, 3.05) is 23.8 Å². The Kier molecular flexibility index (Phi) is 4.99. The minimum absolute atomic E-state index is 0.00350. The van der Waals surface area contributed by atoms with Crippen molar-refractivity contribution in [2.45, 2.75) is 6.92 Å². The molecule has 128 valence electrons. The molecule has 2 amide bonds. The minimum Gasteiger partial charge on any atom is -0.494 e. The highest BCUT2D eigenvalue weighted by molar-refractivity contribution is 6.03. The van der Waals surface area contributed by atoms with E-state index >= 15 is 0 Å². The van der Waals surface area contributed by atoms with Gasteiger partial charge in [-0.3, -0.25) is 9.59 Å². The second kappa shape index (κ2) is 7.53. The van der Waals surface area contributed by atoms with E-state index in [1.807, 2.05) is 31.2 Å². The molecule has 0 saturated heterocycles. The number of carbonyl (C=O) groups is 2. The quantitative estimate of drug-likeness (QED) is 0.822. The van der Waals surface area contributed by atoms with E-state index in [9.17, 15) is 9.59 Å². The summed E-state index contributed by atoms with van der Waals surface area (Å²) in [6.07, 6.45) is 3.17. The zero-order chi connectivity index (χ0) is 17.6. The van der Waals surface area contributed by atoms with Crippen molar-refractivity contribution in [1.29, 1.82) is 0 Å². The standard InChI is InChI=1S/C19H18N2O4/c1-2-24-15-7-3-13(4-8-15)5-10-18(22)20-14-6-9-17-16(11-14)21-19(23)12-25-17/h3-11H,2,12H2,1H3,(H,20,22)(H,21,23)/b10-5+. The van der Waals surface area contributed by atoms with Crippen molar-refractivity contribution in [3.8, 4) is 11.5 Å². The molecular formula is C19H18N2O4. The van der Waals surface area contributed by atoms with Gasteiger partial charge in [-0.25, -0.2) is 0 Å². The summed E-state index contributed by atoms with van der Waals surface area (Å²) >= 11 is 0. The van der Waals surface area contributed by atoms with Crippen molar-refractivity contribution in [1.82, 2.24) is 0 Å². The summed E-state index contributed by atoms with van der Waals surface area (Å²) < 4.78 is 10.7. The van der Waals surface area contributed by atoms with Gasteiger partial charge in [0.1, 0.15) is 11.5 Å². The molecule has 1 heterocycles. The van der Waals surface area contributed by atoms with Crippen LogP contribution in [0, 0.1) is 0 Å². The molecule has 6 nitrogen and oxygen atoms in total. The third-order valence-corrected chi connectivity index (χ3v) is 3.50. The van der Waals surface area contributed by atoms with Crippen molar-refractivity contribution < 1.29 is 19.1 Å². The molecule has 2 N–H and O–H groups in total. The highest BCUT2D eigenvalue weighted by Gasteiger charge is 2.16. The molecule has 0 aliphatic carbocycles. The van der Waals surface area contributed by atoms with Gasteiger partial charge < -0.3 is 20.1 Å². The molecule has 0 unspecified atom stereocenters. The first-order valence-corrected chi connectivity index (χ1v) is 7.92. The second-order valence-corrected chi connectivity index (χ2v) is 5.37. The number of carbonyl (C=O) groups excluding carboxylic acids is 2. The van der Waals surface area contributed by atoms with Crippen LogP contribution in [0.15, 0.2) is 48.5 Å². The van der Waals surface area contributed by atoms with Gasteiger partial charge in [-0.2, -0.15) is 0 Å². The highest BCUT2D eigenvalue weighted by atomic mass is 16.5. The van der Waals surface area contributed by atoms with Crippen LogP contribution < -0.4 is 20.1 Å². The summed E-state index contributed by atoms with van der Waals surface area (Å²) in [5, 5.41) is 5.45. The molecule has 25 heavy (non-hydrogen) atoms. The maximum atomic E-state index is 12.0. The molecule has 0 spiro atoms. The van der Waals surface area contributed by atoms with Crippen LogP contribution in [-0.2, 0) is 9.59 Å². The molecule has 3 rings (SSSR count). The third kappa shape index (κ3) is 4.38. The number of hydrogen-bond acceptors (Lipinski definition) is 4. The third-order valence-electron chi connectivity index (χ3n) is 3.50. The lowest BCUT2D eigenvalue weighted by molar-refractivity contribution is -0.118. The average molecular weight is 338 g/mol. The van der Waals surface area contributed by atoms with Crippen LogP contribution in [0.3, 0.4) is 0 Å². The lowest BCUT2D eigenvalue weighted by Gasteiger charge is -2.18. The van der Waals surface area contributed by atoms with Gasteiger partial charge in [0.25, 0.3) is 5.91 Å². The van der Waals surface area contributed by atoms with Gasteiger partial charge >= 0.3 is 0 Å². The lowest BCUT2D eigenvalue weighted by atomic mass is 10.2. The van der Waals surface area contributed by atoms with Crippen LogP contribution in [0.2, 0.25) is 0 Å².